The fraction of sp³-hybridized carbons (Fsp3) is 0.200. The summed E-state index contributed by atoms with van der Waals surface area (Å²) in [6.07, 6.45) is 4.89. The van der Waals surface area contributed by atoms with Crippen molar-refractivity contribution in [2.75, 3.05) is 14.2 Å². The van der Waals surface area contributed by atoms with E-state index in [1.807, 2.05) is 24.9 Å². The van der Waals surface area contributed by atoms with Crippen LogP contribution in [0.2, 0.25) is 0 Å². The third-order valence-electron chi connectivity index (χ3n) is 3.05. The molecule has 0 aliphatic carbocycles. The normalized spacial score (nSPS) is 14.5. The van der Waals surface area contributed by atoms with Crippen molar-refractivity contribution in [3.63, 3.8) is 0 Å². The second-order valence-electron chi connectivity index (χ2n) is 4.14. The summed E-state index contributed by atoms with van der Waals surface area (Å²) in [4.78, 5) is 1.82. The van der Waals surface area contributed by atoms with E-state index in [1.165, 1.54) is 13.2 Å². The fourth-order valence-corrected chi connectivity index (χ4v) is 1.90. The first-order chi connectivity index (χ1) is 8.56. The predicted octanol–water partition coefficient (Wildman–Crippen LogP) is 3.38. The van der Waals surface area contributed by atoms with Crippen LogP contribution in [0.5, 0.6) is 5.75 Å². The molecular formula is C15H15FNOY-. The molecule has 0 unspecified atom stereocenters. The number of ether oxygens (including phenoxy) is 1. The van der Waals surface area contributed by atoms with Gasteiger partial charge in [-0.2, -0.15) is 12.2 Å². The summed E-state index contributed by atoms with van der Waals surface area (Å²) in [5.41, 5.74) is 2.87. The van der Waals surface area contributed by atoms with Crippen LogP contribution < -0.4 is 4.74 Å². The molecule has 0 spiro atoms. The Labute approximate surface area is 138 Å². The molecule has 0 N–H and O–H groups in total. The van der Waals surface area contributed by atoms with E-state index < -0.39 is 0 Å². The Hall–Kier alpha value is -0.926. The Morgan fingerprint density at radius 2 is 2.05 bits per heavy atom. The van der Waals surface area contributed by atoms with Gasteiger partial charge in [0.25, 0.3) is 0 Å². The number of benzene rings is 1. The van der Waals surface area contributed by atoms with Crippen LogP contribution in [0.15, 0.2) is 42.1 Å². The molecule has 97 valence electrons. The Morgan fingerprint density at radius 1 is 1.37 bits per heavy atom. The van der Waals surface area contributed by atoms with E-state index >= 15 is 0 Å². The van der Waals surface area contributed by atoms with Gasteiger partial charge in [-0.25, -0.2) is 4.39 Å². The molecule has 0 aromatic heterocycles. The summed E-state index contributed by atoms with van der Waals surface area (Å²) < 4.78 is 19.2. The van der Waals surface area contributed by atoms with Crippen LogP contribution in [0.4, 0.5) is 4.39 Å². The van der Waals surface area contributed by atoms with Crippen molar-refractivity contribution in [2.45, 2.75) is 6.92 Å². The van der Waals surface area contributed by atoms with Crippen LogP contribution in [0.3, 0.4) is 0 Å². The van der Waals surface area contributed by atoms with Crippen molar-refractivity contribution in [1.29, 1.82) is 0 Å². The number of methoxy groups -OCH3 is 1. The molecule has 0 bridgehead atoms. The minimum absolute atomic E-state index is 0. The van der Waals surface area contributed by atoms with E-state index in [0.717, 1.165) is 11.3 Å². The molecule has 19 heavy (non-hydrogen) atoms. The fourth-order valence-electron chi connectivity index (χ4n) is 1.90. The number of rotatable bonds is 2. The third-order valence-corrected chi connectivity index (χ3v) is 3.05. The Bertz CT molecular complexity index is 563. The third kappa shape index (κ3) is 2.98. The van der Waals surface area contributed by atoms with E-state index in [0.29, 0.717) is 17.0 Å². The summed E-state index contributed by atoms with van der Waals surface area (Å²) in [5, 5.41) is 0. The van der Waals surface area contributed by atoms with Gasteiger partial charge in [-0.15, -0.1) is 5.57 Å². The molecule has 1 heterocycles. The standard InChI is InChI=1S/C15H15FNO.Y/c1-10-8-9-13(17(3)11(10)2)15-12(16)6-5-7-14(15)18-4;/h5-8H,2H2,1,3-4H3;/q-1;. The second kappa shape index (κ2) is 6.49. The largest absolute Gasteiger partial charge is 0.509 e. The molecule has 0 fully saturated rings. The molecule has 0 saturated heterocycles. The molecule has 1 radical (unpaired) electrons. The SMILES string of the molecule is C=C1C(C)=C[C-]=C(c2c(F)cccc2OC)N1C.[Y]. The molecule has 0 atom stereocenters. The summed E-state index contributed by atoms with van der Waals surface area (Å²) in [5.74, 6) is 0.162. The number of allylic oxidation sites excluding steroid dienone is 3. The minimum Gasteiger partial charge on any atom is -0.509 e. The summed E-state index contributed by atoms with van der Waals surface area (Å²) >= 11 is 0. The number of likely N-dealkylation sites (N-methyl/N-ethyl adjacent to an activating group) is 1. The van der Waals surface area contributed by atoms with Crippen LogP contribution >= 0.6 is 0 Å². The molecule has 1 aliphatic heterocycles. The van der Waals surface area contributed by atoms with Gasteiger partial charge in [-0.1, -0.05) is 25.3 Å². The average Bonchev–Trinajstić information content (AvgIpc) is 2.37. The molecule has 1 aliphatic rings. The van der Waals surface area contributed by atoms with Crippen molar-refractivity contribution in [3.8, 4) is 5.75 Å². The zero-order chi connectivity index (χ0) is 13.3. The van der Waals surface area contributed by atoms with Crippen molar-refractivity contribution in [1.82, 2.24) is 4.90 Å². The number of halogens is 1. The van der Waals surface area contributed by atoms with Gasteiger partial charge < -0.3 is 9.64 Å². The minimum atomic E-state index is -0.329. The monoisotopic (exact) mass is 333 g/mol. The molecule has 2 nitrogen and oxygen atoms in total. The Balaban J connectivity index is 0.00000180. The van der Waals surface area contributed by atoms with E-state index in [4.69, 9.17) is 4.74 Å². The maximum atomic E-state index is 14.0. The van der Waals surface area contributed by atoms with Crippen LogP contribution in [0.1, 0.15) is 12.5 Å². The van der Waals surface area contributed by atoms with Gasteiger partial charge >= 0.3 is 0 Å². The van der Waals surface area contributed by atoms with E-state index in [1.54, 1.807) is 12.1 Å². The van der Waals surface area contributed by atoms with Crippen molar-refractivity contribution < 1.29 is 41.8 Å². The van der Waals surface area contributed by atoms with Gasteiger partial charge in [0.05, 0.1) is 18.7 Å². The van der Waals surface area contributed by atoms with E-state index in [9.17, 15) is 4.39 Å². The van der Waals surface area contributed by atoms with Gasteiger partial charge in [-0.3, -0.25) is 0 Å². The average molecular weight is 333 g/mol. The van der Waals surface area contributed by atoms with Crippen molar-refractivity contribution >= 4 is 5.70 Å². The quantitative estimate of drug-likeness (QED) is 0.770. The molecule has 2 rings (SSSR count). The maximum Gasteiger partial charge on any atom is 0.0817 e. The maximum absolute atomic E-state index is 14.0. The molecule has 0 saturated carbocycles. The summed E-state index contributed by atoms with van der Waals surface area (Å²) in [6, 6.07) is 4.76. The smallest absolute Gasteiger partial charge is 0.0817 e. The first-order valence-electron chi connectivity index (χ1n) is 5.62. The molecule has 1 aromatic carbocycles. The zero-order valence-electron chi connectivity index (χ0n) is 11.3. The summed E-state index contributed by atoms with van der Waals surface area (Å²) in [6.45, 7) is 5.92. The second-order valence-corrected chi connectivity index (χ2v) is 4.14. The van der Waals surface area contributed by atoms with Crippen molar-refractivity contribution in [3.05, 3.63) is 59.6 Å². The van der Waals surface area contributed by atoms with Crippen LogP contribution in [-0.2, 0) is 32.7 Å². The number of hydrogen-bond acceptors (Lipinski definition) is 2. The molecule has 1 aromatic rings. The van der Waals surface area contributed by atoms with Gasteiger partial charge in [0.15, 0.2) is 0 Å². The van der Waals surface area contributed by atoms with E-state index in [-0.39, 0.29) is 38.5 Å². The van der Waals surface area contributed by atoms with Crippen molar-refractivity contribution in [2.24, 2.45) is 0 Å². The topological polar surface area (TPSA) is 12.5 Å². The van der Waals surface area contributed by atoms with E-state index in [2.05, 4.69) is 12.7 Å². The molecule has 4 heteroatoms. The Morgan fingerprint density at radius 3 is 2.68 bits per heavy atom. The first kappa shape index (κ1) is 16.1. The first-order valence-corrected chi connectivity index (χ1v) is 5.62. The van der Waals surface area contributed by atoms with Crippen LogP contribution in [0.25, 0.3) is 5.70 Å². The summed E-state index contributed by atoms with van der Waals surface area (Å²) in [7, 11) is 3.37. The van der Waals surface area contributed by atoms with Gasteiger partial charge in [-0.05, 0) is 23.4 Å². The van der Waals surface area contributed by atoms with Gasteiger partial charge in [0, 0.05) is 39.8 Å². The van der Waals surface area contributed by atoms with Gasteiger partial charge in [0.1, 0.15) is 0 Å². The predicted molar refractivity (Wildman–Crippen MR) is 70.3 cm³/mol. The molecular weight excluding hydrogens is 318 g/mol. The van der Waals surface area contributed by atoms with Crippen LogP contribution in [0, 0.1) is 11.9 Å². The van der Waals surface area contributed by atoms with Crippen LogP contribution in [-0.4, -0.2) is 19.1 Å². The number of nitrogens with zero attached hydrogens (tertiary/aromatic N) is 1. The zero-order valence-corrected chi connectivity index (χ0v) is 14.2. The Kier molecular flexibility index (Phi) is 5.51. The van der Waals surface area contributed by atoms with Gasteiger partial charge in [0.2, 0.25) is 0 Å². The number of hydrogen-bond donors (Lipinski definition) is 0. The molecule has 0 amide bonds.